The molecule has 33 heavy (non-hydrogen) atoms. The van der Waals surface area contributed by atoms with Crippen molar-refractivity contribution in [3.05, 3.63) is 80.9 Å². The van der Waals surface area contributed by atoms with Crippen molar-refractivity contribution in [1.82, 2.24) is 0 Å². The summed E-state index contributed by atoms with van der Waals surface area (Å²) in [6, 6.07) is 13.4. The second-order valence-corrected chi connectivity index (χ2v) is 7.21. The van der Waals surface area contributed by atoms with Crippen LogP contribution in [0.15, 0.2) is 48.5 Å². The van der Waals surface area contributed by atoms with Gasteiger partial charge in [0.2, 0.25) is 0 Å². The van der Waals surface area contributed by atoms with Crippen LogP contribution in [0.3, 0.4) is 0 Å². The SMILES string of the molecule is C.Cc1ccccc1C(=O)O.O=C(OC1CO[C@@H]2CCOC12)c1ccccc1CO[N+](=O)[O-]. The van der Waals surface area contributed by atoms with Crippen molar-refractivity contribution in [2.75, 3.05) is 13.2 Å². The molecule has 10 nitrogen and oxygen atoms in total. The number of esters is 1. The van der Waals surface area contributed by atoms with E-state index in [9.17, 15) is 19.7 Å². The summed E-state index contributed by atoms with van der Waals surface area (Å²) in [7, 11) is 0. The van der Waals surface area contributed by atoms with Crippen molar-refractivity contribution in [2.45, 2.75) is 45.7 Å². The zero-order valence-corrected chi connectivity index (χ0v) is 17.3. The topological polar surface area (TPSA) is 134 Å². The van der Waals surface area contributed by atoms with E-state index in [1.165, 1.54) is 0 Å². The van der Waals surface area contributed by atoms with Crippen molar-refractivity contribution in [1.29, 1.82) is 0 Å². The van der Waals surface area contributed by atoms with Crippen LogP contribution in [0.5, 0.6) is 0 Å². The summed E-state index contributed by atoms with van der Waals surface area (Å²) in [6.07, 6.45) is 0.0906. The number of hydrogen-bond acceptors (Lipinski definition) is 8. The fourth-order valence-corrected chi connectivity index (χ4v) is 3.51. The van der Waals surface area contributed by atoms with E-state index >= 15 is 0 Å². The molecule has 2 saturated heterocycles. The van der Waals surface area contributed by atoms with Crippen molar-refractivity contribution in [3.8, 4) is 0 Å². The molecule has 3 atom stereocenters. The normalized spacial score (nSPS) is 20.5. The van der Waals surface area contributed by atoms with Gasteiger partial charge in [0.15, 0.2) is 6.10 Å². The smallest absolute Gasteiger partial charge is 0.338 e. The first-order valence-corrected chi connectivity index (χ1v) is 9.95. The van der Waals surface area contributed by atoms with E-state index in [0.29, 0.717) is 24.3 Å². The minimum Gasteiger partial charge on any atom is -0.478 e. The first-order valence-electron chi connectivity index (χ1n) is 9.95. The minimum absolute atomic E-state index is 0. The quantitative estimate of drug-likeness (QED) is 0.390. The predicted octanol–water partition coefficient (Wildman–Crippen LogP) is 3.44. The van der Waals surface area contributed by atoms with E-state index in [1.807, 2.05) is 6.07 Å². The number of hydrogen-bond donors (Lipinski definition) is 1. The van der Waals surface area contributed by atoms with Crippen LogP contribution in [-0.2, 0) is 25.7 Å². The molecule has 2 aromatic carbocycles. The van der Waals surface area contributed by atoms with Gasteiger partial charge in [-0.25, -0.2) is 9.59 Å². The molecule has 0 aliphatic carbocycles. The number of rotatable bonds is 6. The fraction of sp³-hybridized carbons (Fsp3) is 0.391. The van der Waals surface area contributed by atoms with Crippen LogP contribution in [0, 0.1) is 17.0 Å². The highest BCUT2D eigenvalue weighted by molar-refractivity contribution is 5.91. The van der Waals surface area contributed by atoms with Gasteiger partial charge in [-0.15, -0.1) is 10.1 Å². The summed E-state index contributed by atoms with van der Waals surface area (Å²) in [4.78, 5) is 37.3. The Bertz CT molecular complexity index is 978. The maximum Gasteiger partial charge on any atom is 0.338 e. The van der Waals surface area contributed by atoms with E-state index in [1.54, 1.807) is 49.4 Å². The van der Waals surface area contributed by atoms with Crippen molar-refractivity contribution < 1.29 is 38.8 Å². The van der Waals surface area contributed by atoms with Gasteiger partial charge in [-0.2, -0.15) is 0 Å². The molecular formula is C23H27NO9. The summed E-state index contributed by atoms with van der Waals surface area (Å²) < 4.78 is 16.5. The van der Waals surface area contributed by atoms with Gasteiger partial charge >= 0.3 is 11.9 Å². The van der Waals surface area contributed by atoms with Crippen LogP contribution >= 0.6 is 0 Å². The van der Waals surface area contributed by atoms with Crippen LogP contribution in [0.1, 0.15) is 45.7 Å². The Morgan fingerprint density at radius 3 is 2.42 bits per heavy atom. The first kappa shape index (κ1) is 25.8. The lowest BCUT2D eigenvalue weighted by atomic mass is 10.1. The molecule has 0 aromatic heterocycles. The second kappa shape index (κ2) is 11.9. The van der Waals surface area contributed by atoms with Crippen LogP contribution in [0.4, 0.5) is 0 Å². The largest absolute Gasteiger partial charge is 0.478 e. The number of nitrogens with zero attached hydrogens (tertiary/aromatic N) is 1. The molecule has 2 fully saturated rings. The highest BCUT2D eigenvalue weighted by Crippen LogP contribution is 2.29. The monoisotopic (exact) mass is 461 g/mol. The molecule has 178 valence electrons. The average Bonchev–Trinajstić information content (AvgIpc) is 3.38. The van der Waals surface area contributed by atoms with Gasteiger partial charge in [0.05, 0.1) is 23.8 Å². The molecule has 0 saturated carbocycles. The molecule has 0 bridgehead atoms. The molecule has 2 aliphatic heterocycles. The molecular weight excluding hydrogens is 434 g/mol. The number of fused-ring (bicyclic) bond motifs is 1. The molecule has 2 heterocycles. The lowest BCUT2D eigenvalue weighted by Crippen LogP contribution is -2.32. The van der Waals surface area contributed by atoms with Gasteiger partial charge in [0.25, 0.3) is 5.09 Å². The number of carbonyl (C=O) groups is 2. The van der Waals surface area contributed by atoms with Crippen molar-refractivity contribution >= 4 is 11.9 Å². The van der Waals surface area contributed by atoms with Gasteiger partial charge in [-0.05, 0) is 36.6 Å². The molecule has 2 aliphatic rings. The minimum atomic E-state index is -0.899. The Labute approximate surface area is 191 Å². The number of ether oxygens (including phenoxy) is 3. The van der Waals surface area contributed by atoms with Gasteiger partial charge in [-0.3, -0.25) is 0 Å². The summed E-state index contributed by atoms with van der Waals surface area (Å²) in [6.45, 7) is 2.37. The number of carboxylic acid groups (broad SMARTS) is 1. The number of benzene rings is 2. The lowest BCUT2D eigenvalue weighted by Gasteiger charge is -2.17. The van der Waals surface area contributed by atoms with Crippen LogP contribution in [-0.4, -0.2) is 53.7 Å². The number of aromatic carboxylic acids is 1. The summed E-state index contributed by atoms with van der Waals surface area (Å²) in [5.41, 5.74) is 1.82. The summed E-state index contributed by atoms with van der Waals surface area (Å²) in [5.74, 6) is -1.43. The van der Waals surface area contributed by atoms with Gasteiger partial charge in [0.1, 0.15) is 12.7 Å². The Balaban J connectivity index is 0.000000297. The lowest BCUT2D eigenvalue weighted by molar-refractivity contribution is -0.763. The Morgan fingerprint density at radius 1 is 1.12 bits per heavy atom. The Kier molecular flexibility index (Phi) is 9.31. The molecule has 4 rings (SSSR count). The van der Waals surface area contributed by atoms with Gasteiger partial charge < -0.3 is 24.2 Å². The Hall–Kier alpha value is -3.50. The van der Waals surface area contributed by atoms with Crippen molar-refractivity contribution in [2.24, 2.45) is 0 Å². The molecule has 10 heteroatoms. The average molecular weight is 461 g/mol. The van der Waals surface area contributed by atoms with Crippen molar-refractivity contribution in [3.63, 3.8) is 0 Å². The van der Waals surface area contributed by atoms with Crippen LogP contribution < -0.4 is 0 Å². The van der Waals surface area contributed by atoms with E-state index in [0.717, 1.165) is 12.0 Å². The standard InChI is InChI=1S/C14H15NO7.C8H8O2.CH4/c16-14(22-12-8-20-11-5-6-19-13(11)12)10-4-2-1-3-9(10)7-21-15(17)18;1-6-4-2-3-5-7(6)8(9)10;/h1-4,11-13H,5-8H2;2-5H,1H3,(H,9,10);1H4/t11-,12?,13?;;/m1../s1. The molecule has 2 unspecified atom stereocenters. The zero-order chi connectivity index (χ0) is 23.1. The predicted molar refractivity (Wildman–Crippen MR) is 116 cm³/mol. The molecule has 1 N–H and O–H groups in total. The highest BCUT2D eigenvalue weighted by atomic mass is 16.9. The highest BCUT2D eigenvalue weighted by Gasteiger charge is 2.44. The zero-order valence-electron chi connectivity index (χ0n) is 17.3. The van der Waals surface area contributed by atoms with E-state index in [2.05, 4.69) is 4.84 Å². The number of carboxylic acids is 1. The number of carbonyl (C=O) groups excluding carboxylic acids is 1. The molecule has 0 amide bonds. The van der Waals surface area contributed by atoms with Crippen LogP contribution in [0.2, 0.25) is 0 Å². The van der Waals surface area contributed by atoms with Crippen LogP contribution in [0.25, 0.3) is 0 Å². The summed E-state index contributed by atoms with van der Waals surface area (Å²) in [5, 5.41) is 18.0. The second-order valence-electron chi connectivity index (χ2n) is 7.21. The van der Waals surface area contributed by atoms with E-state index in [4.69, 9.17) is 19.3 Å². The Morgan fingerprint density at radius 2 is 1.79 bits per heavy atom. The van der Waals surface area contributed by atoms with Gasteiger partial charge in [0, 0.05) is 6.61 Å². The molecule has 0 spiro atoms. The van der Waals surface area contributed by atoms with E-state index < -0.39 is 23.1 Å². The third kappa shape index (κ3) is 6.74. The summed E-state index contributed by atoms with van der Waals surface area (Å²) >= 11 is 0. The van der Waals surface area contributed by atoms with E-state index in [-0.39, 0.29) is 31.8 Å². The first-order chi connectivity index (χ1) is 15.4. The third-order valence-electron chi connectivity index (χ3n) is 5.12. The maximum absolute atomic E-state index is 12.3. The van der Waals surface area contributed by atoms with Gasteiger partial charge in [-0.1, -0.05) is 43.8 Å². The molecule has 2 aromatic rings. The maximum atomic E-state index is 12.3. The fourth-order valence-electron chi connectivity index (χ4n) is 3.51. The third-order valence-corrected chi connectivity index (χ3v) is 5.12. The number of aryl methyl sites for hydroxylation is 1. The molecule has 0 radical (unpaired) electrons.